The summed E-state index contributed by atoms with van der Waals surface area (Å²) in [5, 5.41) is 0. The second kappa shape index (κ2) is 7.27. The van der Waals surface area contributed by atoms with Crippen molar-refractivity contribution < 1.29 is 8.78 Å². The maximum atomic E-state index is 14.6. The van der Waals surface area contributed by atoms with E-state index in [4.69, 9.17) is 0 Å². The molecule has 0 unspecified atom stereocenters. The topological polar surface area (TPSA) is 0 Å². The minimum atomic E-state index is -0.507. The van der Waals surface area contributed by atoms with E-state index in [2.05, 4.69) is 6.92 Å². The van der Waals surface area contributed by atoms with E-state index >= 15 is 0 Å². The number of aryl methyl sites for hydroxylation is 2. The zero-order valence-corrected chi connectivity index (χ0v) is 14.7. The third kappa shape index (κ3) is 3.41. The normalized spacial score (nSPS) is 11.0. The molecule has 0 aliphatic rings. The molecule has 0 radical (unpaired) electrons. The third-order valence-electron chi connectivity index (χ3n) is 4.12. The second-order valence-electron chi connectivity index (χ2n) is 5.88. The van der Waals surface area contributed by atoms with Gasteiger partial charge >= 0.3 is 0 Å². The molecule has 0 fully saturated rings. The summed E-state index contributed by atoms with van der Waals surface area (Å²) in [5.74, 6) is -1.01. The van der Waals surface area contributed by atoms with Crippen LogP contribution in [0.4, 0.5) is 8.78 Å². The average Bonchev–Trinajstić information content (AvgIpc) is 3.04. The van der Waals surface area contributed by atoms with Crippen LogP contribution in [-0.2, 0) is 12.8 Å². The van der Waals surface area contributed by atoms with Crippen molar-refractivity contribution in [1.29, 1.82) is 0 Å². The zero-order valence-electron chi connectivity index (χ0n) is 13.9. The van der Waals surface area contributed by atoms with E-state index in [1.807, 2.05) is 37.3 Å². The molecule has 0 atom stereocenters. The van der Waals surface area contributed by atoms with Gasteiger partial charge in [-0.25, -0.2) is 8.78 Å². The summed E-state index contributed by atoms with van der Waals surface area (Å²) < 4.78 is 29.1. The van der Waals surface area contributed by atoms with Crippen LogP contribution in [0.25, 0.3) is 21.6 Å². The standard InChI is InChI=1S/C21H20F2S/c1-3-5-14-6-8-15(9-7-14)16-12-18(22)21(19(23)13-16)20-11-10-17(4-2)24-20/h6-13H,3-5H2,1-2H3. The molecule has 0 saturated carbocycles. The molecular weight excluding hydrogens is 322 g/mol. The number of halogens is 2. The van der Waals surface area contributed by atoms with Gasteiger partial charge in [-0.05, 0) is 53.8 Å². The van der Waals surface area contributed by atoms with Crippen LogP contribution in [0.5, 0.6) is 0 Å². The summed E-state index contributed by atoms with van der Waals surface area (Å²) in [6.45, 7) is 4.17. The second-order valence-corrected chi connectivity index (χ2v) is 7.05. The van der Waals surface area contributed by atoms with Gasteiger partial charge in [0.05, 0.1) is 5.56 Å². The van der Waals surface area contributed by atoms with Gasteiger partial charge in [-0.1, -0.05) is 44.5 Å². The van der Waals surface area contributed by atoms with Crippen LogP contribution < -0.4 is 0 Å². The van der Waals surface area contributed by atoms with Crippen LogP contribution in [-0.4, -0.2) is 0 Å². The van der Waals surface area contributed by atoms with Crippen molar-refractivity contribution in [3.63, 3.8) is 0 Å². The third-order valence-corrected chi connectivity index (χ3v) is 5.37. The van der Waals surface area contributed by atoms with Crippen molar-refractivity contribution in [3.05, 3.63) is 70.6 Å². The molecule has 0 saturated heterocycles. The van der Waals surface area contributed by atoms with E-state index in [1.165, 1.54) is 29.0 Å². The van der Waals surface area contributed by atoms with Gasteiger partial charge in [-0.15, -0.1) is 11.3 Å². The highest BCUT2D eigenvalue weighted by molar-refractivity contribution is 7.15. The Morgan fingerprint density at radius 1 is 0.833 bits per heavy atom. The van der Waals surface area contributed by atoms with Gasteiger partial charge in [0.25, 0.3) is 0 Å². The van der Waals surface area contributed by atoms with Gasteiger partial charge < -0.3 is 0 Å². The molecule has 0 bridgehead atoms. The summed E-state index contributed by atoms with van der Waals surface area (Å²) in [7, 11) is 0. The van der Waals surface area contributed by atoms with Gasteiger partial charge in [-0.2, -0.15) is 0 Å². The van der Waals surface area contributed by atoms with Crippen molar-refractivity contribution in [2.24, 2.45) is 0 Å². The summed E-state index contributed by atoms with van der Waals surface area (Å²) >= 11 is 1.44. The van der Waals surface area contributed by atoms with Crippen molar-refractivity contribution in [2.45, 2.75) is 33.1 Å². The van der Waals surface area contributed by atoms with E-state index in [1.54, 1.807) is 6.07 Å². The van der Waals surface area contributed by atoms with Crippen LogP contribution in [0.3, 0.4) is 0 Å². The molecule has 3 heteroatoms. The molecule has 1 heterocycles. The Balaban J connectivity index is 1.97. The molecule has 0 amide bonds. The van der Waals surface area contributed by atoms with E-state index < -0.39 is 11.6 Å². The minimum absolute atomic E-state index is 0.0750. The lowest BCUT2D eigenvalue weighted by molar-refractivity contribution is 0.591. The van der Waals surface area contributed by atoms with Crippen molar-refractivity contribution in [2.75, 3.05) is 0 Å². The van der Waals surface area contributed by atoms with Crippen LogP contribution in [0.2, 0.25) is 0 Å². The monoisotopic (exact) mass is 342 g/mol. The lowest BCUT2D eigenvalue weighted by Crippen LogP contribution is -1.91. The fraction of sp³-hybridized carbons (Fsp3) is 0.238. The van der Waals surface area contributed by atoms with Gasteiger partial charge in [0.15, 0.2) is 0 Å². The number of thiophene rings is 1. The molecular formula is C21H20F2S. The quantitative estimate of drug-likeness (QED) is 0.474. The number of hydrogen-bond donors (Lipinski definition) is 0. The molecule has 0 aliphatic heterocycles. The lowest BCUT2D eigenvalue weighted by atomic mass is 10.00. The van der Waals surface area contributed by atoms with Crippen LogP contribution in [0.1, 0.15) is 30.7 Å². The Morgan fingerprint density at radius 2 is 1.50 bits per heavy atom. The summed E-state index contributed by atoms with van der Waals surface area (Å²) in [4.78, 5) is 1.77. The minimum Gasteiger partial charge on any atom is -0.206 e. The maximum Gasteiger partial charge on any atom is 0.135 e. The fourth-order valence-electron chi connectivity index (χ4n) is 2.83. The highest BCUT2D eigenvalue weighted by Crippen LogP contribution is 2.35. The van der Waals surface area contributed by atoms with Crippen molar-refractivity contribution >= 4 is 11.3 Å². The lowest BCUT2D eigenvalue weighted by Gasteiger charge is -2.08. The van der Waals surface area contributed by atoms with Gasteiger partial charge in [0.2, 0.25) is 0 Å². The van der Waals surface area contributed by atoms with E-state index in [0.717, 1.165) is 29.7 Å². The van der Waals surface area contributed by atoms with Gasteiger partial charge in [0.1, 0.15) is 11.6 Å². The summed E-state index contributed by atoms with van der Waals surface area (Å²) in [6.07, 6.45) is 2.97. The van der Waals surface area contributed by atoms with Crippen LogP contribution >= 0.6 is 11.3 Å². The highest BCUT2D eigenvalue weighted by atomic mass is 32.1. The number of hydrogen-bond acceptors (Lipinski definition) is 1. The molecule has 1 aromatic heterocycles. The first kappa shape index (κ1) is 16.8. The Kier molecular flexibility index (Phi) is 5.10. The molecule has 124 valence electrons. The first-order chi connectivity index (χ1) is 11.6. The van der Waals surface area contributed by atoms with Crippen LogP contribution in [0.15, 0.2) is 48.5 Å². The first-order valence-electron chi connectivity index (χ1n) is 8.29. The predicted octanol–water partition coefficient (Wildman–Crippen LogP) is 6.88. The molecule has 24 heavy (non-hydrogen) atoms. The maximum absolute atomic E-state index is 14.6. The van der Waals surface area contributed by atoms with Gasteiger partial charge in [-0.3, -0.25) is 0 Å². The van der Waals surface area contributed by atoms with Crippen LogP contribution in [0, 0.1) is 11.6 Å². The first-order valence-corrected chi connectivity index (χ1v) is 9.11. The molecule has 3 rings (SSSR count). The molecule has 0 nitrogen and oxygen atoms in total. The molecule has 2 aromatic carbocycles. The predicted molar refractivity (Wildman–Crippen MR) is 98.5 cm³/mol. The van der Waals surface area contributed by atoms with E-state index in [0.29, 0.717) is 10.4 Å². The summed E-state index contributed by atoms with van der Waals surface area (Å²) in [6, 6.07) is 14.5. The molecule has 0 aliphatic carbocycles. The van der Waals surface area contributed by atoms with E-state index in [-0.39, 0.29) is 5.56 Å². The zero-order chi connectivity index (χ0) is 17.1. The average molecular weight is 342 g/mol. The Morgan fingerprint density at radius 3 is 2.04 bits per heavy atom. The number of benzene rings is 2. The van der Waals surface area contributed by atoms with Crippen molar-refractivity contribution in [1.82, 2.24) is 0 Å². The largest absolute Gasteiger partial charge is 0.206 e. The Labute approximate surface area is 145 Å². The SMILES string of the molecule is CCCc1ccc(-c2cc(F)c(-c3ccc(CC)s3)c(F)c2)cc1. The fourth-order valence-corrected chi connectivity index (χ4v) is 3.83. The van der Waals surface area contributed by atoms with Gasteiger partial charge in [0, 0.05) is 9.75 Å². The molecule has 0 N–H and O–H groups in total. The smallest absolute Gasteiger partial charge is 0.135 e. The van der Waals surface area contributed by atoms with E-state index in [9.17, 15) is 8.78 Å². The highest BCUT2D eigenvalue weighted by Gasteiger charge is 2.16. The Bertz CT molecular complexity index is 808. The van der Waals surface area contributed by atoms with Crippen molar-refractivity contribution in [3.8, 4) is 21.6 Å². The molecule has 0 spiro atoms. The number of rotatable bonds is 5. The molecule has 3 aromatic rings. The Hall–Kier alpha value is -2.00. The summed E-state index contributed by atoms with van der Waals surface area (Å²) in [5.41, 5.74) is 2.72.